The second-order valence-electron chi connectivity index (χ2n) is 5.54. The summed E-state index contributed by atoms with van der Waals surface area (Å²) in [4.78, 5) is 6.36. The molecule has 7 heteroatoms. The van der Waals surface area contributed by atoms with Gasteiger partial charge in [0.2, 0.25) is 0 Å². The first kappa shape index (κ1) is 17.9. The van der Waals surface area contributed by atoms with E-state index in [0.29, 0.717) is 11.5 Å². The van der Waals surface area contributed by atoms with Crippen LogP contribution in [0.4, 0.5) is 21.6 Å². The van der Waals surface area contributed by atoms with Gasteiger partial charge in [-0.25, -0.2) is 17.8 Å². The van der Waals surface area contributed by atoms with Gasteiger partial charge in [-0.05, 0) is 55.5 Å². The van der Waals surface area contributed by atoms with Gasteiger partial charge in [0, 0.05) is 12.2 Å². The topological polar surface area (TPSA) is 62.3 Å². The summed E-state index contributed by atoms with van der Waals surface area (Å²) in [7, 11) is -3.79. The van der Waals surface area contributed by atoms with Crippen LogP contribution in [-0.2, 0) is 10.0 Å². The second kappa shape index (κ2) is 7.53. The molecule has 0 saturated heterocycles. The molecule has 2 aromatic carbocycles. The Morgan fingerprint density at radius 3 is 2.27 bits per heavy atom. The molecular formula is C19H18FN3O2S. The number of para-hydroxylation sites is 1. The first-order valence-corrected chi connectivity index (χ1v) is 9.55. The molecule has 26 heavy (non-hydrogen) atoms. The predicted octanol–water partition coefficient (Wildman–Crippen LogP) is 4.18. The monoisotopic (exact) mass is 371 g/mol. The molecule has 0 aliphatic heterocycles. The highest BCUT2D eigenvalue weighted by molar-refractivity contribution is 7.92. The van der Waals surface area contributed by atoms with E-state index < -0.39 is 15.8 Å². The number of hydrogen-bond donors (Lipinski definition) is 1. The fraction of sp³-hybridized carbons (Fsp3) is 0.105. The maximum absolute atomic E-state index is 13.0. The molecule has 0 aliphatic rings. The summed E-state index contributed by atoms with van der Waals surface area (Å²) in [6.07, 6.45) is 1.46. The number of rotatable bonds is 6. The van der Waals surface area contributed by atoms with Gasteiger partial charge >= 0.3 is 0 Å². The third-order valence-electron chi connectivity index (χ3n) is 3.78. The number of nitrogens with zero attached hydrogens (tertiary/aromatic N) is 2. The molecule has 0 fully saturated rings. The van der Waals surface area contributed by atoms with Crippen molar-refractivity contribution in [3.05, 3.63) is 78.7 Å². The van der Waals surface area contributed by atoms with Crippen LogP contribution in [0.15, 0.2) is 77.8 Å². The van der Waals surface area contributed by atoms with E-state index in [1.54, 1.807) is 12.1 Å². The number of anilines is 3. The van der Waals surface area contributed by atoms with Gasteiger partial charge in [-0.2, -0.15) is 0 Å². The lowest BCUT2D eigenvalue weighted by Crippen LogP contribution is -2.17. The minimum absolute atomic E-state index is 0.0116. The Hall–Kier alpha value is -2.93. The zero-order valence-electron chi connectivity index (χ0n) is 14.1. The number of benzene rings is 2. The van der Waals surface area contributed by atoms with E-state index in [4.69, 9.17) is 0 Å². The van der Waals surface area contributed by atoms with E-state index in [0.717, 1.165) is 24.4 Å². The molecule has 1 aromatic heterocycles. The van der Waals surface area contributed by atoms with E-state index in [2.05, 4.69) is 9.71 Å². The third-order valence-corrected chi connectivity index (χ3v) is 5.18. The van der Waals surface area contributed by atoms with Gasteiger partial charge in [-0.15, -0.1) is 0 Å². The summed E-state index contributed by atoms with van der Waals surface area (Å²) in [6, 6.07) is 17.8. The smallest absolute Gasteiger partial charge is 0.261 e. The fourth-order valence-electron chi connectivity index (χ4n) is 2.52. The van der Waals surface area contributed by atoms with Crippen LogP contribution in [0.5, 0.6) is 0 Å². The molecule has 0 saturated carbocycles. The first-order valence-electron chi connectivity index (χ1n) is 8.06. The average molecular weight is 371 g/mol. The minimum atomic E-state index is -3.79. The molecule has 1 heterocycles. The molecule has 0 amide bonds. The van der Waals surface area contributed by atoms with Crippen LogP contribution in [0.3, 0.4) is 0 Å². The number of halogens is 1. The van der Waals surface area contributed by atoms with Gasteiger partial charge in [-0.1, -0.05) is 18.2 Å². The van der Waals surface area contributed by atoms with Gasteiger partial charge in [0.15, 0.2) is 0 Å². The molecule has 3 rings (SSSR count). The molecule has 0 radical (unpaired) electrons. The van der Waals surface area contributed by atoms with Crippen molar-refractivity contribution < 1.29 is 12.8 Å². The minimum Gasteiger partial charge on any atom is -0.327 e. The Balaban J connectivity index is 1.80. The Kier molecular flexibility index (Phi) is 5.18. The molecule has 0 unspecified atom stereocenters. The molecule has 0 spiro atoms. The second-order valence-corrected chi connectivity index (χ2v) is 7.23. The molecule has 0 bridgehead atoms. The van der Waals surface area contributed by atoms with Crippen LogP contribution < -0.4 is 9.62 Å². The van der Waals surface area contributed by atoms with Crippen LogP contribution in [0.1, 0.15) is 6.92 Å². The predicted molar refractivity (Wildman–Crippen MR) is 101 cm³/mol. The summed E-state index contributed by atoms with van der Waals surface area (Å²) in [5, 5.41) is 0. The van der Waals surface area contributed by atoms with Crippen molar-refractivity contribution in [2.75, 3.05) is 16.2 Å². The van der Waals surface area contributed by atoms with E-state index in [1.807, 2.05) is 42.2 Å². The van der Waals surface area contributed by atoms with E-state index in [9.17, 15) is 12.8 Å². The van der Waals surface area contributed by atoms with Crippen LogP contribution >= 0.6 is 0 Å². The maximum Gasteiger partial charge on any atom is 0.261 e. The van der Waals surface area contributed by atoms with Crippen LogP contribution in [-0.4, -0.2) is 19.9 Å². The Morgan fingerprint density at radius 1 is 1.00 bits per heavy atom. The fourth-order valence-corrected chi connectivity index (χ4v) is 3.56. The third kappa shape index (κ3) is 4.00. The zero-order chi connectivity index (χ0) is 18.6. The number of sulfonamides is 1. The van der Waals surface area contributed by atoms with Crippen LogP contribution in [0, 0.1) is 5.82 Å². The van der Waals surface area contributed by atoms with Crippen LogP contribution in [0.2, 0.25) is 0 Å². The van der Waals surface area contributed by atoms with Crippen molar-refractivity contribution in [1.29, 1.82) is 0 Å². The molecule has 0 aliphatic carbocycles. The summed E-state index contributed by atoms with van der Waals surface area (Å²) in [6.45, 7) is 2.73. The van der Waals surface area contributed by atoms with Gasteiger partial charge in [0.05, 0.1) is 16.8 Å². The van der Waals surface area contributed by atoms with Crippen molar-refractivity contribution in [2.24, 2.45) is 0 Å². The number of nitrogens with one attached hydrogen (secondary N) is 1. The zero-order valence-corrected chi connectivity index (χ0v) is 14.9. The van der Waals surface area contributed by atoms with Gasteiger partial charge < -0.3 is 4.90 Å². The van der Waals surface area contributed by atoms with E-state index in [-0.39, 0.29) is 4.90 Å². The SMILES string of the molecule is CCN(c1ccccc1)c1ccc(NS(=O)(=O)c2ccc(F)cc2)cn1. The van der Waals surface area contributed by atoms with Crippen molar-refractivity contribution in [3.63, 3.8) is 0 Å². The largest absolute Gasteiger partial charge is 0.327 e. The first-order chi connectivity index (χ1) is 12.5. The average Bonchev–Trinajstić information content (AvgIpc) is 2.65. The van der Waals surface area contributed by atoms with E-state index in [1.165, 1.54) is 18.3 Å². The number of hydrogen-bond acceptors (Lipinski definition) is 4. The summed E-state index contributed by atoms with van der Waals surface area (Å²) < 4.78 is 40.1. The molecule has 134 valence electrons. The highest BCUT2D eigenvalue weighted by Crippen LogP contribution is 2.24. The molecule has 5 nitrogen and oxygen atoms in total. The van der Waals surface area contributed by atoms with Gasteiger partial charge in [0.1, 0.15) is 11.6 Å². The lowest BCUT2D eigenvalue weighted by atomic mass is 10.3. The summed E-state index contributed by atoms with van der Waals surface area (Å²) in [5.74, 6) is 0.221. The Bertz CT molecular complexity index is 960. The molecule has 1 N–H and O–H groups in total. The van der Waals surface area contributed by atoms with Crippen molar-refractivity contribution in [3.8, 4) is 0 Å². The molecular weight excluding hydrogens is 353 g/mol. The number of pyridine rings is 1. The standard InChI is InChI=1S/C19H18FN3O2S/c1-2-23(17-6-4-3-5-7-17)19-13-10-16(14-21-19)22-26(24,25)18-11-8-15(20)9-12-18/h3-14,22H,2H2,1H3. The Labute approximate surface area is 152 Å². The van der Waals surface area contributed by atoms with Crippen LogP contribution in [0.25, 0.3) is 0 Å². The van der Waals surface area contributed by atoms with Crippen molar-refractivity contribution in [1.82, 2.24) is 4.98 Å². The highest BCUT2D eigenvalue weighted by atomic mass is 32.2. The van der Waals surface area contributed by atoms with Gasteiger partial charge in [0.25, 0.3) is 10.0 Å². The summed E-state index contributed by atoms with van der Waals surface area (Å²) >= 11 is 0. The molecule has 3 aromatic rings. The normalized spacial score (nSPS) is 11.2. The van der Waals surface area contributed by atoms with Crippen molar-refractivity contribution in [2.45, 2.75) is 11.8 Å². The quantitative estimate of drug-likeness (QED) is 0.706. The van der Waals surface area contributed by atoms with Gasteiger partial charge in [-0.3, -0.25) is 4.72 Å². The van der Waals surface area contributed by atoms with E-state index >= 15 is 0 Å². The summed E-state index contributed by atoms with van der Waals surface area (Å²) in [5.41, 5.74) is 1.34. The highest BCUT2D eigenvalue weighted by Gasteiger charge is 2.15. The lowest BCUT2D eigenvalue weighted by molar-refractivity contribution is 0.599. The maximum atomic E-state index is 13.0. The lowest BCUT2D eigenvalue weighted by Gasteiger charge is -2.22. The Morgan fingerprint density at radius 2 is 1.69 bits per heavy atom. The molecule has 0 atom stereocenters. The van der Waals surface area contributed by atoms with Crippen molar-refractivity contribution >= 4 is 27.2 Å². The number of aromatic nitrogens is 1.